The molecule has 5 rings (SSSR count). The second-order valence-electron chi connectivity index (χ2n) is 11.8. The van der Waals surface area contributed by atoms with E-state index in [1.807, 2.05) is 39.8 Å². The van der Waals surface area contributed by atoms with Gasteiger partial charge in [-0.1, -0.05) is 31.5 Å². The zero-order valence-corrected chi connectivity index (χ0v) is 25.0. The largest absolute Gasteiger partial charge is 0.384 e. The van der Waals surface area contributed by atoms with Gasteiger partial charge in [0, 0.05) is 28.3 Å². The molecule has 1 aliphatic carbocycles. The standard InChI is InChI=1S/C33H30F2N4O3S/c1-18-11-20(17-43-23-8-5-21(34)6-9-23)19(2)24(12-18)30-25(16-36)32(37)38(26-10-7-22(35)13-27(26)39(41)42)28-14-33(3,4)15-29(40)31(28)30/h5-13,30H,14-15,17,37H2,1-4H3. The number of nitriles is 1. The normalized spacial score (nSPS) is 18.0. The first-order valence-corrected chi connectivity index (χ1v) is 14.7. The van der Waals surface area contributed by atoms with E-state index in [1.165, 1.54) is 23.1 Å². The van der Waals surface area contributed by atoms with Crippen LogP contribution in [0.1, 0.15) is 54.9 Å². The van der Waals surface area contributed by atoms with Crippen molar-refractivity contribution in [3.8, 4) is 6.07 Å². The summed E-state index contributed by atoms with van der Waals surface area (Å²) in [5, 5.41) is 22.5. The molecule has 7 nitrogen and oxygen atoms in total. The summed E-state index contributed by atoms with van der Waals surface area (Å²) in [6, 6.07) is 15.6. The minimum Gasteiger partial charge on any atom is -0.384 e. The molecule has 10 heteroatoms. The monoisotopic (exact) mass is 600 g/mol. The van der Waals surface area contributed by atoms with Gasteiger partial charge >= 0.3 is 0 Å². The quantitative estimate of drug-likeness (QED) is 0.175. The molecule has 43 heavy (non-hydrogen) atoms. The minimum absolute atomic E-state index is 0.00884. The van der Waals surface area contributed by atoms with Crippen LogP contribution in [0.15, 0.2) is 82.2 Å². The maximum atomic E-state index is 14.1. The Bertz CT molecular complexity index is 1770. The number of nitrogens with two attached hydrogens (primary N) is 1. The Morgan fingerprint density at radius 1 is 1.09 bits per heavy atom. The number of allylic oxidation sites excluding steroid dienone is 3. The number of aryl methyl sites for hydroxylation is 1. The second-order valence-corrected chi connectivity index (χ2v) is 12.8. The van der Waals surface area contributed by atoms with Crippen molar-refractivity contribution in [1.82, 2.24) is 0 Å². The third kappa shape index (κ3) is 5.65. The highest BCUT2D eigenvalue weighted by Crippen LogP contribution is 2.52. The summed E-state index contributed by atoms with van der Waals surface area (Å²) in [6.45, 7) is 7.74. The van der Waals surface area contributed by atoms with E-state index in [2.05, 4.69) is 6.07 Å². The van der Waals surface area contributed by atoms with Gasteiger partial charge in [0.25, 0.3) is 5.69 Å². The average molecular weight is 601 g/mol. The highest BCUT2D eigenvalue weighted by Gasteiger charge is 2.46. The molecule has 0 spiro atoms. The summed E-state index contributed by atoms with van der Waals surface area (Å²) in [4.78, 5) is 27.6. The van der Waals surface area contributed by atoms with Crippen LogP contribution < -0.4 is 10.6 Å². The van der Waals surface area contributed by atoms with Crippen LogP contribution >= 0.6 is 11.8 Å². The van der Waals surface area contributed by atoms with Gasteiger partial charge in [0.05, 0.1) is 28.5 Å². The predicted molar refractivity (Wildman–Crippen MR) is 162 cm³/mol. The first-order valence-electron chi connectivity index (χ1n) is 13.7. The van der Waals surface area contributed by atoms with Crippen molar-refractivity contribution in [2.75, 3.05) is 4.90 Å². The first kappa shape index (κ1) is 30.0. The molecule has 1 unspecified atom stereocenters. The van der Waals surface area contributed by atoms with Crippen LogP contribution in [-0.4, -0.2) is 10.7 Å². The lowest BCUT2D eigenvalue weighted by Gasteiger charge is -2.43. The van der Waals surface area contributed by atoms with E-state index in [9.17, 15) is 29.0 Å². The number of hydrogen-bond acceptors (Lipinski definition) is 7. The predicted octanol–water partition coefficient (Wildman–Crippen LogP) is 7.72. The summed E-state index contributed by atoms with van der Waals surface area (Å²) in [7, 11) is 0. The molecule has 220 valence electrons. The fourth-order valence-electron chi connectivity index (χ4n) is 6.03. The van der Waals surface area contributed by atoms with Gasteiger partial charge in [-0.3, -0.25) is 19.8 Å². The Hall–Kier alpha value is -4.49. The first-order chi connectivity index (χ1) is 20.3. The molecule has 1 heterocycles. The van der Waals surface area contributed by atoms with Gasteiger partial charge in [-0.05, 0) is 78.8 Å². The Balaban J connectivity index is 1.70. The maximum Gasteiger partial charge on any atom is 0.296 e. The van der Waals surface area contributed by atoms with Crippen LogP contribution in [0.3, 0.4) is 0 Å². The van der Waals surface area contributed by atoms with Crippen LogP contribution in [0, 0.1) is 52.3 Å². The molecule has 0 radical (unpaired) electrons. The summed E-state index contributed by atoms with van der Waals surface area (Å²) in [5.74, 6) is -1.52. The minimum atomic E-state index is -0.788. The number of thioether (sulfide) groups is 1. The van der Waals surface area contributed by atoms with Crippen molar-refractivity contribution in [1.29, 1.82) is 5.26 Å². The van der Waals surface area contributed by atoms with Crippen molar-refractivity contribution in [3.63, 3.8) is 0 Å². The lowest BCUT2D eigenvalue weighted by molar-refractivity contribution is -0.384. The highest BCUT2D eigenvalue weighted by molar-refractivity contribution is 7.98. The lowest BCUT2D eigenvalue weighted by Crippen LogP contribution is -2.42. The molecule has 3 aromatic carbocycles. The molecule has 0 fully saturated rings. The number of carbonyl (C=O) groups is 1. The van der Waals surface area contributed by atoms with Crippen molar-refractivity contribution in [2.24, 2.45) is 11.1 Å². The molecule has 0 amide bonds. The molecule has 3 aromatic rings. The second kappa shape index (κ2) is 11.3. The zero-order valence-electron chi connectivity index (χ0n) is 24.2. The summed E-state index contributed by atoms with van der Waals surface area (Å²) >= 11 is 1.54. The van der Waals surface area contributed by atoms with Crippen LogP contribution in [-0.2, 0) is 10.5 Å². The summed E-state index contributed by atoms with van der Waals surface area (Å²) in [6.07, 6.45) is 0.578. The number of halogens is 2. The van der Waals surface area contributed by atoms with E-state index in [1.54, 1.807) is 23.9 Å². The number of ketones is 1. The SMILES string of the molecule is Cc1cc(CSc2ccc(F)cc2)c(C)c(C2C(C#N)=C(N)N(c3ccc(F)cc3[N+](=O)[O-])C3=C2C(=O)CC(C)(C)C3)c1. The van der Waals surface area contributed by atoms with Crippen LogP contribution in [0.4, 0.5) is 20.2 Å². The molecule has 0 saturated carbocycles. The van der Waals surface area contributed by atoms with E-state index in [0.717, 1.165) is 39.3 Å². The third-order valence-electron chi connectivity index (χ3n) is 7.97. The molecule has 1 atom stereocenters. The van der Waals surface area contributed by atoms with Crippen molar-refractivity contribution in [3.05, 3.63) is 121 Å². The molecular weight excluding hydrogens is 570 g/mol. The molecule has 0 aromatic heterocycles. The molecular formula is C33H30F2N4O3S. The number of nitro groups is 1. The number of nitrogens with zero attached hydrogens (tertiary/aromatic N) is 3. The van der Waals surface area contributed by atoms with Crippen LogP contribution in [0.2, 0.25) is 0 Å². The van der Waals surface area contributed by atoms with Gasteiger partial charge < -0.3 is 5.73 Å². The Morgan fingerprint density at radius 3 is 2.42 bits per heavy atom. The van der Waals surface area contributed by atoms with Gasteiger partial charge in [0.15, 0.2) is 5.78 Å². The Kier molecular flexibility index (Phi) is 7.88. The van der Waals surface area contributed by atoms with E-state index in [4.69, 9.17) is 5.73 Å². The molecule has 1 aliphatic heterocycles. The maximum absolute atomic E-state index is 14.1. The van der Waals surface area contributed by atoms with E-state index in [0.29, 0.717) is 23.4 Å². The van der Waals surface area contributed by atoms with Crippen LogP contribution in [0.5, 0.6) is 0 Å². The Morgan fingerprint density at radius 2 is 1.77 bits per heavy atom. The number of hydrogen-bond donors (Lipinski definition) is 1. The van der Waals surface area contributed by atoms with Crippen molar-refractivity contribution in [2.45, 2.75) is 57.1 Å². The van der Waals surface area contributed by atoms with Gasteiger partial charge in [0.1, 0.15) is 23.1 Å². The number of Topliss-reactive ketones (excluding diaryl/α,β-unsaturated/α-hetero) is 1. The molecule has 0 bridgehead atoms. The third-order valence-corrected chi connectivity index (χ3v) is 9.04. The van der Waals surface area contributed by atoms with E-state index >= 15 is 0 Å². The number of carbonyl (C=O) groups excluding carboxylic acids is 1. The molecule has 2 N–H and O–H groups in total. The van der Waals surface area contributed by atoms with Gasteiger partial charge in [-0.25, -0.2) is 8.78 Å². The Labute approximate surface area is 252 Å². The van der Waals surface area contributed by atoms with Gasteiger partial charge in [-0.2, -0.15) is 5.26 Å². The number of rotatable bonds is 6. The van der Waals surface area contributed by atoms with E-state index in [-0.39, 0.29) is 35.1 Å². The molecule has 0 saturated heterocycles. The fourth-order valence-corrected chi connectivity index (χ4v) is 6.98. The average Bonchev–Trinajstić information content (AvgIpc) is 2.93. The topological polar surface area (TPSA) is 113 Å². The summed E-state index contributed by atoms with van der Waals surface area (Å²) < 4.78 is 27.5. The smallest absolute Gasteiger partial charge is 0.296 e. The molecule has 2 aliphatic rings. The summed E-state index contributed by atoms with van der Waals surface area (Å²) in [5.41, 5.74) is 10.2. The number of anilines is 1. The van der Waals surface area contributed by atoms with Gasteiger partial charge in [-0.15, -0.1) is 11.8 Å². The highest BCUT2D eigenvalue weighted by atomic mass is 32.2. The van der Waals surface area contributed by atoms with Gasteiger partial charge in [0.2, 0.25) is 0 Å². The lowest BCUT2D eigenvalue weighted by atomic mass is 9.68. The fraction of sp³-hybridized carbons (Fsp3) is 0.273. The number of benzene rings is 3. The number of nitro benzene ring substituents is 1. The van der Waals surface area contributed by atoms with Crippen molar-refractivity contribution >= 4 is 28.9 Å². The van der Waals surface area contributed by atoms with Crippen molar-refractivity contribution < 1.29 is 18.5 Å². The van der Waals surface area contributed by atoms with Crippen LogP contribution in [0.25, 0.3) is 0 Å². The van der Waals surface area contributed by atoms with E-state index < -0.39 is 27.8 Å². The zero-order chi connectivity index (χ0) is 31.2.